The molecule has 1 heterocycles. The first kappa shape index (κ1) is 14.8. The summed E-state index contributed by atoms with van der Waals surface area (Å²) in [6.07, 6.45) is 0.521. The van der Waals surface area contributed by atoms with Crippen LogP contribution in [0.5, 0.6) is 5.75 Å². The molecule has 1 fully saturated rings. The summed E-state index contributed by atoms with van der Waals surface area (Å²) >= 11 is 0. The molecule has 116 valence electrons. The van der Waals surface area contributed by atoms with Gasteiger partial charge >= 0.3 is 0 Å². The largest absolute Gasteiger partial charge is 0.487 e. The molecule has 0 aromatic heterocycles. The van der Waals surface area contributed by atoms with E-state index in [-0.39, 0.29) is 18.7 Å². The number of nitrogens with two attached hydrogens (primary N) is 1. The Labute approximate surface area is 128 Å². The minimum absolute atomic E-state index is 0.132. The Morgan fingerprint density at radius 2 is 1.91 bits per heavy atom. The molecule has 0 atom stereocenters. The molecule has 0 aliphatic carbocycles. The third-order valence-corrected chi connectivity index (χ3v) is 3.47. The minimum Gasteiger partial charge on any atom is -0.487 e. The van der Waals surface area contributed by atoms with E-state index in [0.29, 0.717) is 30.2 Å². The molecular weight excluding hydrogens is 285 g/mol. The average Bonchev–Trinajstić information content (AvgIpc) is 2.56. The Morgan fingerprint density at radius 3 is 2.64 bits per heavy atom. The normalized spacial score (nSPS) is 15.7. The monoisotopic (exact) mass is 303 g/mol. The van der Waals surface area contributed by atoms with Gasteiger partial charge < -0.3 is 19.9 Å². The summed E-state index contributed by atoms with van der Waals surface area (Å²) in [5.41, 5.74) is 7.83. The van der Waals surface area contributed by atoms with Crippen LogP contribution in [-0.2, 0) is 16.1 Å². The maximum absolute atomic E-state index is 13.6. The summed E-state index contributed by atoms with van der Waals surface area (Å²) in [4.78, 5) is 0. The Morgan fingerprint density at radius 1 is 1.14 bits per heavy atom. The van der Waals surface area contributed by atoms with Gasteiger partial charge in [0, 0.05) is 11.1 Å². The minimum atomic E-state index is -0.378. The lowest BCUT2D eigenvalue weighted by Crippen LogP contribution is -2.17. The van der Waals surface area contributed by atoms with E-state index in [0.717, 1.165) is 12.0 Å². The van der Waals surface area contributed by atoms with Crippen molar-refractivity contribution in [1.82, 2.24) is 0 Å². The lowest BCUT2D eigenvalue weighted by molar-refractivity contribution is -0.183. The number of hydrogen-bond acceptors (Lipinski definition) is 4. The molecule has 5 heteroatoms. The molecule has 3 rings (SSSR count). The molecule has 22 heavy (non-hydrogen) atoms. The number of ether oxygens (including phenoxy) is 3. The summed E-state index contributed by atoms with van der Waals surface area (Å²) in [7, 11) is 0. The molecule has 1 saturated heterocycles. The standard InChI is InChI=1S/C17H18FNO3/c18-14-5-2-1-4-13(14)11-22-16-7-6-12(10-15(16)19)17-20-8-3-9-21-17/h1-2,4-7,10,17H,3,8-9,11,19H2. The van der Waals surface area contributed by atoms with Crippen LogP contribution in [0.15, 0.2) is 42.5 Å². The lowest BCUT2D eigenvalue weighted by Gasteiger charge is -2.24. The van der Waals surface area contributed by atoms with Crippen LogP contribution in [0.4, 0.5) is 10.1 Å². The van der Waals surface area contributed by atoms with Gasteiger partial charge in [-0.3, -0.25) is 0 Å². The molecule has 2 N–H and O–H groups in total. The van der Waals surface area contributed by atoms with Crippen molar-refractivity contribution in [2.75, 3.05) is 18.9 Å². The van der Waals surface area contributed by atoms with E-state index in [2.05, 4.69) is 0 Å². The Bertz CT molecular complexity index is 642. The van der Waals surface area contributed by atoms with Gasteiger partial charge in [-0.15, -0.1) is 0 Å². The van der Waals surface area contributed by atoms with Gasteiger partial charge in [0.2, 0.25) is 0 Å². The second-order valence-electron chi connectivity index (χ2n) is 5.10. The second kappa shape index (κ2) is 6.77. The van der Waals surface area contributed by atoms with Gasteiger partial charge in [-0.05, 0) is 24.6 Å². The molecule has 0 amide bonds. The van der Waals surface area contributed by atoms with E-state index in [1.165, 1.54) is 6.07 Å². The van der Waals surface area contributed by atoms with Gasteiger partial charge in [-0.1, -0.05) is 24.3 Å². The topological polar surface area (TPSA) is 53.7 Å². The van der Waals surface area contributed by atoms with E-state index in [1.807, 2.05) is 6.07 Å². The summed E-state index contributed by atoms with van der Waals surface area (Å²) in [5, 5.41) is 0. The van der Waals surface area contributed by atoms with Crippen molar-refractivity contribution in [3.05, 3.63) is 59.4 Å². The number of rotatable bonds is 4. The van der Waals surface area contributed by atoms with Gasteiger partial charge in [0.25, 0.3) is 0 Å². The quantitative estimate of drug-likeness (QED) is 0.879. The zero-order valence-electron chi connectivity index (χ0n) is 12.1. The van der Waals surface area contributed by atoms with E-state index in [9.17, 15) is 4.39 Å². The maximum Gasteiger partial charge on any atom is 0.183 e. The second-order valence-corrected chi connectivity index (χ2v) is 5.10. The van der Waals surface area contributed by atoms with Crippen LogP contribution in [0.1, 0.15) is 23.8 Å². The van der Waals surface area contributed by atoms with Crippen LogP contribution < -0.4 is 10.5 Å². The van der Waals surface area contributed by atoms with Gasteiger partial charge in [0.15, 0.2) is 6.29 Å². The highest BCUT2D eigenvalue weighted by atomic mass is 19.1. The van der Waals surface area contributed by atoms with Crippen LogP contribution in [0.2, 0.25) is 0 Å². The summed E-state index contributed by atoms with van der Waals surface area (Å²) in [6, 6.07) is 11.9. The average molecular weight is 303 g/mol. The summed E-state index contributed by atoms with van der Waals surface area (Å²) in [6.45, 7) is 1.48. The molecule has 2 aromatic carbocycles. The first-order valence-electron chi connectivity index (χ1n) is 7.23. The predicted octanol–water partition coefficient (Wildman–Crippen LogP) is 3.42. The van der Waals surface area contributed by atoms with Crippen LogP contribution in [0, 0.1) is 5.82 Å². The van der Waals surface area contributed by atoms with Gasteiger partial charge in [-0.25, -0.2) is 4.39 Å². The predicted molar refractivity (Wildman–Crippen MR) is 80.8 cm³/mol. The zero-order valence-corrected chi connectivity index (χ0v) is 12.1. The fourth-order valence-electron chi connectivity index (χ4n) is 2.30. The molecule has 0 spiro atoms. The zero-order chi connectivity index (χ0) is 15.4. The van der Waals surface area contributed by atoms with Crippen molar-refractivity contribution in [3.8, 4) is 5.75 Å². The van der Waals surface area contributed by atoms with Crippen molar-refractivity contribution in [1.29, 1.82) is 0 Å². The van der Waals surface area contributed by atoms with Gasteiger partial charge in [0.05, 0.1) is 18.9 Å². The SMILES string of the molecule is Nc1cc(C2OCCCO2)ccc1OCc1ccccc1F. The number of nitrogen functional groups attached to an aromatic ring is 1. The van der Waals surface area contributed by atoms with Crippen LogP contribution in [-0.4, -0.2) is 13.2 Å². The smallest absolute Gasteiger partial charge is 0.183 e. The van der Waals surface area contributed by atoms with Crippen molar-refractivity contribution in [2.24, 2.45) is 0 Å². The van der Waals surface area contributed by atoms with E-state index in [1.54, 1.807) is 30.3 Å². The maximum atomic E-state index is 13.6. The lowest BCUT2D eigenvalue weighted by atomic mass is 10.1. The highest BCUT2D eigenvalue weighted by Crippen LogP contribution is 2.30. The number of anilines is 1. The van der Waals surface area contributed by atoms with E-state index < -0.39 is 0 Å². The van der Waals surface area contributed by atoms with E-state index >= 15 is 0 Å². The highest BCUT2D eigenvalue weighted by molar-refractivity contribution is 5.54. The summed E-state index contributed by atoms with van der Waals surface area (Å²) in [5.74, 6) is 0.226. The Balaban J connectivity index is 1.68. The Hall–Kier alpha value is -2.11. The molecule has 0 unspecified atom stereocenters. The molecule has 2 aromatic rings. The van der Waals surface area contributed by atoms with Crippen molar-refractivity contribution >= 4 is 5.69 Å². The van der Waals surface area contributed by atoms with Crippen LogP contribution in [0.25, 0.3) is 0 Å². The van der Waals surface area contributed by atoms with Crippen molar-refractivity contribution in [3.63, 3.8) is 0 Å². The highest BCUT2D eigenvalue weighted by Gasteiger charge is 2.17. The fraction of sp³-hybridized carbons (Fsp3) is 0.294. The molecular formula is C17H18FNO3. The van der Waals surface area contributed by atoms with E-state index in [4.69, 9.17) is 19.9 Å². The van der Waals surface area contributed by atoms with Gasteiger partial charge in [-0.2, -0.15) is 0 Å². The van der Waals surface area contributed by atoms with Crippen molar-refractivity contribution in [2.45, 2.75) is 19.3 Å². The Kier molecular flexibility index (Phi) is 4.56. The van der Waals surface area contributed by atoms with Crippen molar-refractivity contribution < 1.29 is 18.6 Å². The number of halogens is 1. The fourth-order valence-corrected chi connectivity index (χ4v) is 2.30. The molecule has 0 bridgehead atoms. The van der Waals surface area contributed by atoms with Crippen LogP contribution >= 0.6 is 0 Å². The number of benzene rings is 2. The first-order valence-corrected chi connectivity index (χ1v) is 7.23. The molecule has 0 radical (unpaired) electrons. The number of hydrogen-bond donors (Lipinski definition) is 1. The van der Waals surface area contributed by atoms with Gasteiger partial charge in [0.1, 0.15) is 18.2 Å². The first-order chi connectivity index (χ1) is 10.7. The molecule has 1 aliphatic heterocycles. The molecule has 1 aliphatic rings. The molecule has 0 saturated carbocycles. The van der Waals surface area contributed by atoms with Crippen LogP contribution in [0.3, 0.4) is 0 Å². The summed E-state index contributed by atoms with van der Waals surface area (Å²) < 4.78 is 30.2. The molecule has 4 nitrogen and oxygen atoms in total. The third-order valence-electron chi connectivity index (χ3n) is 3.47. The third kappa shape index (κ3) is 3.37.